The SMILES string of the molecule is COCCN(Cc1cccc(C(N)=S)c1)C(C)COC. The molecule has 112 valence electrons. The van der Waals surface area contributed by atoms with Crippen molar-refractivity contribution in [3.63, 3.8) is 0 Å². The van der Waals surface area contributed by atoms with E-state index in [2.05, 4.69) is 17.9 Å². The summed E-state index contributed by atoms with van der Waals surface area (Å²) in [5.41, 5.74) is 7.77. The van der Waals surface area contributed by atoms with Crippen LogP contribution in [0.15, 0.2) is 24.3 Å². The molecule has 4 nitrogen and oxygen atoms in total. The zero-order valence-corrected chi connectivity index (χ0v) is 13.3. The van der Waals surface area contributed by atoms with Crippen LogP contribution in [0.4, 0.5) is 0 Å². The Morgan fingerprint density at radius 1 is 1.35 bits per heavy atom. The summed E-state index contributed by atoms with van der Waals surface area (Å²) < 4.78 is 10.4. The first-order valence-corrected chi connectivity index (χ1v) is 7.10. The molecule has 2 N–H and O–H groups in total. The second-order valence-electron chi connectivity index (χ2n) is 4.83. The quantitative estimate of drug-likeness (QED) is 0.704. The highest BCUT2D eigenvalue weighted by Gasteiger charge is 2.14. The van der Waals surface area contributed by atoms with Gasteiger partial charge < -0.3 is 15.2 Å². The highest BCUT2D eigenvalue weighted by molar-refractivity contribution is 7.80. The summed E-state index contributed by atoms with van der Waals surface area (Å²) in [6.45, 7) is 5.22. The van der Waals surface area contributed by atoms with Crippen LogP contribution >= 0.6 is 12.2 Å². The third-order valence-electron chi connectivity index (χ3n) is 3.21. The Balaban J connectivity index is 2.77. The lowest BCUT2D eigenvalue weighted by Crippen LogP contribution is -2.38. The van der Waals surface area contributed by atoms with E-state index in [4.69, 9.17) is 27.4 Å². The normalized spacial score (nSPS) is 12.6. The number of nitrogens with zero attached hydrogens (tertiary/aromatic N) is 1. The maximum Gasteiger partial charge on any atom is 0.103 e. The average molecular weight is 296 g/mol. The Hall–Kier alpha value is -1.01. The maximum atomic E-state index is 5.68. The molecule has 5 heteroatoms. The first-order valence-electron chi connectivity index (χ1n) is 6.69. The second kappa shape index (κ2) is 9.02. The third-order valence-corrected chi connectivity index (χ3v) is 3.45. The summed E-state index contributed by atoms with van der Waals surface area (Å²) in [7, 11) is 3.44. The molecule has 0 bridgehead atoms. The van der Waals surface area contributed by atoms with Gasteiger partial charge in [-0.1, -0.05) is 30.4 Å². The number of benzene rings is 1. The molecule has 0 aliphatic carbocycles. The Morgan fingerprint density at radius 3 is 2.70 bits per heavy atom. The fraction of sp³-hybridized carbons (Fsp3) is 0.533. The molecule has 1 atom stereocenters. The van der Waals surface area contributed by atoms with Crippen LogP contribution in [0.1, 0.15) is 18.1 Å². The maximum absolute atomic E-state index is 5.68. The van der Waals surface area contributed by atoms with Crippen molar-refractivity contribution < 1.29 is 9.47 Å². The molecule has 1 unspecified atom stereocenters. The smallest absolute Gasteiger partial charge is 0.103 e. The van der Waals surface area contributed by atoms with Crippen molar-refractivity contribution in [3.05, 3.63) is 35.4 Å². The van der Waals surface area contributed by atoms with Gasteiger partial charge in [-0.3, -0.25) is 4.90 Å². The van der Waals surface area contributed by atoms with Crippen molar-refractivity contribution in [2.45, 2.75) is 19.5 Å². The third kappa shape index (κ3) is 5.54. The molecule has 0 saturated carbocycles. The van der Waals surface area contributed by atoms with Crippen molar-refractivity contribution >= 4 is 17.2 Å². The van der Waals surface area contributed by atoms with E-state index in [1.165, 1.54) is 5.56 Å². The number of rotatable bonds is 9. The minimum atomic E-state index is 0.323. The van der Waals surface area contributed by atoms with E-state index in [0.717, 1.165) is 18.7 Å². The molecule has 0 aliphatic heterocycles. The number of hydrogen-bond donors (Lipinski definition) is 1. The van der Waals surface area contributed by atoms with Crippen LogP contribution in [-0.4, -0.2) is 49.9 Å². The zero-order chi connectivity index (χ0) is 15.0. The molecule has 0 radical (unpaired) electrons. The molecule has 0 spiro atoms. The van der Waals surface area contributed by atoms with E-state index in [0.29, 0.717) is 24.2 Å². The van der Waals surface area contributed by atoms with Crippen molar-refractivity contribution in [3.8, 4) is 0 Å². The highest BCUT2D eigenvalue weighted by atomic mass is 32.1. The van der Waals surface area contributed by atoms with E-state index >= 15 is 0 Å². The van der Waals surface area contributed by atoms with Gasteiger partial charge in [0.1, 0.15) is 4.99 Å². The van der Waals surface area contributed by atoms with Crippen molar-refractivity contribution in [1.29, 1.82) is 0 Å². The van der Waals surface area contributed by atoms with E-state index in [-0.39, 0.29) is 0 Å². The summed E-state index contributed by atoms with van der Waals surface area (Å²) >= 11 is 5.02. The predicted octanol–water partition coefficient (Wildman–Crippen LogP) is 1.80. The van der Waals surface area contributed by atoms with E-state index < -0.39 is 0 Å². The number of nitrogens with two attached hydrogens (primary N) is 1. The van der Waals surface area contributed by atoms with Crippen LogP contribution in [0.2, 0.25) is 0 Å². The summed E-state index contributed by atoms with van der Waals surface area (Å²) in [5, 5.41) is 0. The molecular formula is C15H24N2O2S. The van der Waals surface area contributed by atoms with Gasteiger partial charge in [-0.05, 0) is 18.6 Å². The monoisotopic (exact) mass is 296 g/mol. The second-order valence-corrected chi connectivity index (χ2v) is 5.27. The molecule has 0 amide bonds. The molecule has 1 aromatic carbocycles. The number of methoxy groups -OCH3 is 2. The van der Waals surface area contributed by atoms with Gasteiger partial charge in [0.15, 0.2) is 0 Å². The topological polar surface area (TPSA) is 47.7 Å². The first kappa shape index (κ1) is 17.0. The molecule has 20 heavy (non-hydrogen) atoms. The first-order chi connectivity index (χ1) is 9.58. The van der Waals surface area contributed by atoms with Crippen molar-refractivity contribution in [1.82, 2.24) is 4.90 Å². The minimum absolute atomic E-state index is 0.323. The molecule has 0 saturated heterocycles. The van der Waals surface area contributed by atoms with Gasteiger partial charge in [0, 0.05) is 38.9 Å². The molecule has 1 rings (SSSR count). The summed E-state index contributed by atoms with van der Waals surface area (Å²) in [6.07, 6.45) is 0. The average Bonchev–Trinajstić information content (AvgIpc) is 2.44. The summed E-state index contributed by atoms with van der Waals surface area (Å²) in [5.74, 6) is 0. The van der Waals surface area contributed by atoms with Gasteiger partial charge in [-0.2, -0.15) is 0 Å². The van der Waals surface area contributed by atoms with Gasteiger partial charge in [0.05, 0.1) is 13.2 Å². The summed E-state index contributed by atoms with van der Waals surface area (Å²) in [4.78, 5) is 2.76. The van der Waals surface area contributed by atoms with Crippen LogP contribution in [0.25, 0.3) is 0 Å². The van der Waals surface area contributed by atoms with Crippen LogP contribution in [0.5, 0.6) is 0 Å². The molecule has 0 aromatic heterocycles. The van der Waals surface area contributed by atoms with Gasteiger partial charge in [-0.25, -0.2) is 0 Å². The van der Waals surface area contributed by atoms with Gasteiger partial charge in [0.2, 0.25) is 0 Å². The largest absolute Gasteiger partial charge is 0.389 e. The van der Waals surface area contributed by atoms with Gasteiger partial charge in [0.25, 0.3) is 0 Å². The van der Waals surface area contributed by atoms with Crippen LogP contribution in [0, 0.1) is 0 Å². The predicted molar refractivity (Wildman–Crippen MR) is 86.0 cm³/mol. The lowest BCUT2D eigenvalue weighted by molar-refractivity contribution is 0.0705. The molecular weight excluding hydrogens is 272 g/mol. The van der Waals surface area contributed by atoms with Gasteiger partial charge >= 0.3 is 0 Å². The van der Waals surface area contributed by atoms with E-state index in [1.807, 2.05) is 18.2 Å². The number of hydrogen-bond acceptors (Lipinski definition) is 4. The standard InChI is InChI=1S/C15H24N2O2S/c1-12(11-19-3)17(7-8-18-2)10-13-5-4-6-14(9-13)15(16)20/h4-6,9,12H,7-8,10-11H2,1-3H3,(H2,16,20). The number of thiocarbonyl (C=S) groups is 1. The Morgan fingerprint density at radius 2 is 2.10 bits per heavy atom. The van der Waals surface area contributed by atoms with Crippen molar-refractivity contribution in [2.24, 2.45) is 5.73 Å². The van der Waals surface area contributed by atoms with E-state index in [9.17, 15) is 0 Å². The summed E-state index contributed by atoms with van der Waals surface area (Å²) in [6, 6.07) is 8.37. The van der Waals surface area contributed by atoms with Crippen LogP contribution < -0.4 is 5.73 Å². The Bertz CT molecular complexity index is 426. The lowest BCUT2D eigenvalue weighted by atomic mass is 10.1. The number of ether oxygens (including phenoxy) is 2. The van der Waals surface area contributed by atoms with Crippen LogP contribution in [-0.2, 0) is 16.0 Å². The fourth-order valence-corrected chi connectivity index (χ4v) is 2.19. The Kier molecular flexibility index (Phi) is 7.69. The van der Waals surface area contributed by atoms with Crippen LogP contribution in [0.3, 0.4) is 0 Å². The van der Waals surface area contributed by atoms with Gasteiger partial charge in [-0.15, -0.1) is 0 Å². The lowest BCUT2D eigenvalue weighted by Gasteiger charge is -2.28. The molecule has 0 aliphatic rings. The fourth-order valence-electron chi connectivity index (χ4n) is 2.07. The molecule has 0 heterocycles. The Labute approximate surface area is 126 Å². The zero-order valence-electron chi connectivity index (χ0n) is 12.5. The van der Waals surface area contributed by atoms with E-state index in [1.54, 1.807) is 14.2 Å². The van der Waals surface area contributed by atoms with Crippen molar-refractivity contribution in [2.75, 3.05) is 34.0 Å². The molecule has 1 aromatic rings. The molecule has 0 fully saturated rings. The minimum Gasteiger partial charge on any atom is -0.389 e. The highest BCUT2D eigenvalue weighted by Crippen LogP contribution is 2.11.